The average molecular weight is 341 g/mol. The Labute approximate surface area is 142 Å². The van der Waals surface area contributed by atoms with Gasteiger partial charge in [0.05, 0.1) is 25.6 Å². The Balaban J connectivity index is 2.22. The lowest BCUT2D eigenvalue weighted by molar-refractivity contribution is -0.136. The molecule has 3 rings (SSSR count). The van der Waals surface area contributed by atoms with Crippen LogP contribution in [0.25, 0.3) is 10.9 Å². The Morgan fingerprint density at radius 3 is 2.64 bits per heavy atom. The van der Waals surface area contributed by atoms with E-state index in [9.17, 15) is 14.0 Å². The van der Waals surface area contributed by atoms with Crippen molar-refractivity contribution in [1.82, 2.24) is 4.57 Å². The van der Waals surface area contributed by atoms with E-state index in [-0.39, 0.29) is 23.4 Å². The highest BCUT2D eigenvalue weighted by molar-refractivity contribution is 5.82. The van der Waals surface area contributed by atoms with Crippen LogP contribution in [0.2, 0.25) is 0 Å². The number of halogens is 1. The van der Waals surface area contributed by atoms with Gasteiger partial charge in [-0.2, -0.15) is 0 Å². The molecule has 0 aliphatic carbocycles. The van der Waals surface area contributed by atoms with Gasteiger partial charge in [0.2, 0.25) is 0 Å². The number of aromatic nitrogens is 1. The molecule has 128 valence electrons. The number of carbonyl (C=O) groups is 1. The lowest BCUT2D eigenvalue weighted by atomic mass is 10.1. The van der Waals surface area contributed by atoms with Crippen molar-refractivity contribution in [2.24, 2.45) is 0 Å². The summed E-state index contributed by atoms with van der Waals surface area (Å²) in [5.74, 6) is -0.964. The summed E-state index contributed by atoms with van der Waals surface area (Å²) in [6, 6.07) is 11.3. The quantitative estimate of drug-likeness (QED) is 0.775. The van der Waals surface area contributed by atoms with Crippen molar-refractivity contribution >= 4 is 16.9 Å². The normalized spacial score (nSPS) is 10.8. The van der Waals surface area contributed by atoms with E-state index in [1.807, 2.05) is 0 Å². The lowest BCUT2D eigenvalue weighted by Gasteiger charge is -2.14. The molecule has 3 aromatic rings. The molecule has 0 atom stereocenters. The van der Waals surface area contributed by atoms with Crippen LogP contribution < -0.4 is 10.2 Å². The molecule has 0 aliphatic heterocycles. The van der Waals surface area contributed by atoms with Crippen molar-refractivity contribution in [3.05, 3.63) is 75.8 Å². The van der Waals surface area contributed by atoms with Gasteiger partial charge < -0.3 is 14.4 Å². The van der Waals surface area contributed by atoms with Gasteiger partial charge in [0, 0.05) is 22.7 Å². The molecule has 0 fully saturated rings. The predicted octanol–water partition coefficient (Wildman–Crippen LogP) is 2.82. The Morgan fingerprint density at radius 1 is 1.20 bits per heavy atom. The third-order valence-electron chi connectivity index (χ3n) is 4.00. The van der Waals surface area contributed by atoms with Crippen LogP contribution in [0.15, 0.2) is 53.5 Å². The van der Waals surface area contributed by atoms with Gasteiger partial charge in [-0.15, -0.1) is 0 Å². The first-order valence-electron chi connectivity index (χ1n) is 7.65. The number of fused-ring (bicyclic) bond motifs is 1. The zero-order chi connectivity index (χ0) is 18.0. The van der Waals surface area contributed by atoms with Crippen LogP contribution in [0.5, 0.6) is 5.75 Å². The first kappa shape index (κ1) is 16.7. The highest BCUT2D eigenvalue weighted by Crippen LogP contribution is 2.21. The Bertz CT molecular complexity index is 1010. The number of ether oxygens (including phenoxy) is 1. The second kappa shape index (κ2) is 6.76. The molecule has 0 radical (unpaired) electrons. The molecule has 0 saturated heterocycles. The number of pyridine rings is 1. The van der Waals surface area contributed by atoms with Crippen LogP contribution in [-0.2, 0) is 17.8 Å². The maximum atomic E-state index is 14.0. The van der Waals surface area contributed by atoms with E-state index in [0.717, 1.165) is 0 Å². The van der Waals surface area contributed by atoms with E-state index in [4.69, 9.17) is 9.84 Å². The smallest absolute Gasteiger partial charge is 0.308 e. The van der Waals surface area contributed by atoms with Crippen LogP contribution >= 0.6 is 0 Å². The number of carboxylic acids is 1. The van der Waals surface area contributed by atoms with E-state index in [1.54, 1.807) is 41.0 Å². The fraction of sp³-hybridized carbons (Fsp3) is 0.158. The molecule has 1 N–H and O–H groups in total. The van der Waals surface area contributed by atoms with Crippen LogP contribution in [-0.4, -0.2) is 22.8 Å². The van der Waals surface area contributed by atoms with Crippen LogP contribution in [0.1, 0.15) is 11.1 Å². The molecule has 6 heteroatoms. The van der Waals surface area contributed by atoms with Gasteiger partial charge >= 0.3 is 5.97 Å². The van der Waals surface area contributed by atoms with Gasteiger partial charge in [-0.05, 0) is 24.3 Å². The monoisotopic (exact) mass is 341 g/mol. The number of hydrogen-bond acceptors (Lipinski definition) is 3. The van der Waals surface area contributed by atoms with Gasteiger partial charge in [-0.25, -0.2) is 4.39 Å². The van der Waals surface area contributed by atoms with E-state index >= 15 is 0 Å². The molecule has 1 heterocycles. The topological polar surface area (TPSA) is 68.5 Å². The molecule has 0 aliphatic rings. The summed E-state index contributed by atoms with van der Waals surface area (Å²) in [4.78, 5) is 23.7. The molecular formula is C19H16FNO4. The first-order chi connectivity index (χ1) is 12.0. The highest BCUT2D eigenvalue weighted by Gasteiger charge is 2.14. The molecule has 2 aromatic carbocycles. The standard InChI is InChI=1S/C19H16FNO4/c1-25-14-6-7-17-15(9-14)19(24)13(8-18(22)23)11-21(17)10-12-4-2-3-5-16(12)20/h2-7,9,11H,8,10H2,1H3,(H,22,23). The Morgan fingerprint density at radius 2 is 1.96 bits per heavy atom. The summed E-state index contributed by atoms with van der Waals surface area (Å²) in [5, 5.41) is 9.40. The van der Waals surface area contributed by atoms with Crippen molar-refractivity contribution in [3.8, 4) is 5.75 Å². The second-order valence-corrected chi connectivity index (χ2v) is 5.66. The number of nitrogens with zero attached hydrogens (tertiary/aromatic N) is 1. The summed E-state index contributed by atoms with van der Waals surface area (Å²) < 4.78 is 20.8. The molecular weight excluding hydrogens is 325 g/mol. The molecule has 0 bridgehead atoms. The number of carboxylic acid groups (broad SMARTS) is 1. The molecule has 25 heavy (non-hydrogen) atoms. The number of hydrogen-bond donors (Lipinski definition) is 1. The minimum atomic E-state index is -1.10. The first-order valence-corrected chi connectivity index (χ1v) is 7.65. The zero-order valence-corrected chi connectivity index (χ0v) is 13.5. The summed E-state index contributed by atoms with van der Waals surface area (Å²) >= 11 is 0. The van der Waals surface area contributed by atoms with Crippen LogP contribution in [0, 0.1) is 5.82 Å². The van der Waals surface area contributed by atoms with Crippen LogP contribution in [0.3, 0.4) is 0 Å². The fourth-order valence-electron chi connectivity index (χ4n) is 2.79. The SMILES string of the molecule is COc1ccc2c(c1)c(=O)c(CC(=O)O)cn2Cc1ccccc1F. The number of rotatable bonds is 5. The molecule has 0 spiro atoms. The largest absolute Gasteiger partial charge is 0.497 e. The van der Waals surface area contributed by atoms with Gasteiger partial charge in [-0.3, -0.25) is 9.59 Å². The van der Waals surface area contributed by atoms with Crippen LogP contribution in [0.4, 0.5) is 4.39 Å². The number of methoxy groups -OCH3 is 1. The predicted molar refractivity (Wildman–Crippen MR) is 91.6 cm³/mol. The fourth-order valence-corrected chi connectivity index (χ4v) is 2.79. The van der Waals surface area contributed by atoms with Crippen molar-refractivity contribution in [3.63, 3.8) is 0 Å². The lowest BCUT2D eigenvalue weighted by Crippen LogP contribution is -2.18. The molecule has 0 saturated carbocycles. The highest BCUT2D eigenvalue weighted by atomic mass is 19.1. The van der Waals surface area contributed by atoms with Crippen molar-refractivity contribution < 1.29 is 19.0 Å². The second-order valence-electron chi connectivity index (χ2n) is 5.66. The van der Waals surface area contributed by atoms with Gasteiger partial charge in [0.1, 0.15) is 11.6 Å². The Kier molecular flexibility index (Phi) is 4.52. The molecule has 5 nitrogen and oxygen atoms in total. The van der Waals surface area contributed by atoms with Crippen molar-refractivity contribution in [1.29, 1.82) is 0 Å². The van der Waals surface area contributed by atoms with E-state index in [0.29, 0.717) is 22.2 Å². The van der Waals surface area contributed by atoms with Crippen molar-refractivity contribution in [2.45, 2.75) is 13.0 Å². The van der Waals surface area contributed by atoms with Crippen molar-refractivity contribution in [2.75, 3.05) is 7.11 Å². The molecule has 1 aromatic heterocycles. The summed E-state index contributed by atoms with van der Waals surface area (Å²) in [7, 11) is 1.49. The molecule has 0 unspecified atom stereocenters. The molecule has 0 amide bonds. The maximum absolute atomic E-state index is 14.0. The maximum Gasteiger partial charge on any atom is 0.308 e. The van der Waals surface area contributed by atoms with Gasteiger partial charge in [0.25, 0.3) is 0 Å². The van der Waals surface area contributed by atoms with Gasteiger partial charge in [0.15, 0.2) is 5.43 Å². The summed E-state index contributed by atoms with van der Waals surface area (Å²) in [6.45, 7) is 0.183. The zero-order valence-electron chi connectivity index (χ0n) is 13.5. The van der Waals surface area contributed by atoms with E-state index in [1.165, 1.54) is 19.4 Å². The average Bonchev–Trinajstić information content (AvgIpc) is 2.60. The number of benzene rings is 2. The Hall–Kier alpha value is -3.15. The van der Waals surface area contributed by atoms with E-state index in [2.05, 4.69) is 0 Å². The minimum Gasteiger partial charge on any atom is -0.497 e. The summed E-state index contributed by atoms with van der Waals surface area (Å²) in [6.07, 6.45) is 1.08. The number of aliphatic carboxylic acids is 1. The summed E-state index contributed by atoms with van der Waals surface area (Å²) in [5.41, 5.74) is 0.818. The van der Waals surface area contributed by atoms with Gasteiger partial charge in [-0.1, -0.05) is 18.2 Å². The third-order valence-corrected chi connectivity index (χ3v) is 4.00. The third kappa shape index (κ3) is 3.38. The minimum absolute atomic E-state index is 0.143. The van der Waals surface area contributed by atoms with E-state index < -0.39 is 12.4 Å².